The van der Waals surface area contributed by atoms with E-state index in [4.69, 9.17) is 4.74 Å². The fourth-order valence-electron chi connectivity index (χ4n) is 4.10. The van der Waals surface area contributed by atoms with Crippen molar-refractivity contribution in [3.63, 3.8) is 0 Å². The van der Waals surface area contributed by atoms with Crippen LogP contribution in [0.1, 0.15) is 33.3 Å². The average Bonchev–Trinajstić information content (AvgIpc) is 3.14. The van der Waals surface area contributed by atoms with Crippen molar-refractivity contribution in [3.8, 4) is 5.69 Å². The number of methoxy groups -OCH3 is 1. The highest BCUT2D eigenvalue weighted by molar-refractivity contribution is 7.81. The number of hydrogen-bond acceptors (Lipinski definition) is 2. The van der Waals surface area contributed by atoms with Crippen LogP contribution in [0.5, 0.6) is 0 Å². The van der Waals surface area contributed by atoms with E-state index in [1.165, 1.54) is 43.8 Å². The van der Waals surface area contributed by atoms with Crippen LogP contribution in [0.4, 0.5) is 0 Å². The Kier molecular flexibility index (Phi) is 6.30. The molecule has 2 nitrogen and oxygen atoms in total. The summed E-state index contributed by atoms with van der Waals surface area (Å²) in [6.45, 7) is 10.3. The van der Waals surface area contributed by atoms with Crippen molar-refractivity contribution in [2.24, 2.45) is 0 Å². The molecule has 0 fully saturated rings. The molecule has 0 spiro atoms. The topological polar surface area (TPSA) is 14.2 Å². The lowest BCUT2D eigenvalue weighted by Crippen LogP contribution is -2.42. The molecule has 0 bridgehead atoms. The highest BCUT2D eigenvalue weighted by atomic mass is 32.1. The predicted octanol–water partition coefficient (Wildman–Crippen LogP) is 8.37. The summed E-state index contributed by atoms with van der Waals surface area (Å²) in [5, 5.41) is 5.27. The lowest BCUT2D eigenvalue weighted by Gasteiger charge is -2.36. The highest BCUT2D eigenvalue weighted by Crippen LogP contribution is 2.37. The van der Waals surface area contributed by atoms with E-state index >= 15 is 0 Å². The van der Waals surface area contributed by atoms with Crippen LogP contribution in [-0.2, 0) is 4.74 Å². The maximum absolute atomic E-state index is 5.23. The second-order valence-corrected chi connectivity index (χ2v) is 10.7. The molecule has 0 amide bonds. The lowest BCUT2D eigenvalue weighted by molar-refractivity contribution is -0.00128. The van der Waals surface area contributed by atoms with Crippen LogP contribution in [0.3, 0.4) is 0 Å². The average molecular weight is 456 g/mol. The van der Waals surface area contributed by atoms with E-state index in [1.807, 2.05) is 27.7 Å². The van der Waals surface area contributed by atoms with E-state index in [0.717, 1.165) is 0 Å². The van der Waals surface area contributed by atoms with Gasteiger partial charge in [-0.05, 0) is 69.8 Å². The molecule has 5 rings (SSSR count). The molecule has 0 atom stereocenters. The first kappa shape index (κ1) is 23.4. The first-order valence-electron chi connectivity index (χ1n) is 11.4. The van der Waals surface area contributed by atoms with Crippen LogP contribution in [0.25, 0.3) is 38.3 Å². The Bertz CT molecular complexity index is 1410. The zero-order valence-corrected chi connectivity index (χ0v) is 21.3. The summed E-state index contributed by atoms with van der Waals surface area (Å²) >= 11 is 4.39. The van der Waals surface area contributed by atoms with Crippen molar-refractivity contribution in [2.45, 2.75) is 45.0 Å². The molecular weight excluding hydrogens is 422 g/mol. The number of thiol groups is 1. The summed E-state index contributed by atoms with van der Waals surface area (Å²) in [4.78, 5) is 0. The van der Waals surface area contributed by atoms with Gasteiger partial charge >= 0.3 is 0 Å². The number of nitrogens with zero attached hydrogens (tertiary/aromatic N) is 1. The first-order valence-corrected chi connectivity index (χ1v) is 11.8. The Balaban J connectivity index is 0.000000248. The molecule has 33 heavy (non-hydrogen) atoms. The van der Waals surface area contributed by atoms with E-state index in [9.17, 15) is 0 Å². The third-order valence-corrected chi connectivity index (χ3v) is 7.42. The molecular formula is C30H33NOS. The molecule has 0 aliphatic rings. The number of ether oxygens (including phenoxy) is 1. The SMILES string of the molecule is COC(C)(C)C(C)(C)S.Cc1cc2c3ccccc3n(-c3ccccc3)c2c2ccccc12. The van der Waals surface area contributed by atoms with Crippen molar-refractivity contribution in [3.05, 3.63) is 90.5 Å². The predicted molar refractivity (Wildman–Crippen MR) is 147 cm³/mol. The molecule has 0 saturated heterocycles. The number of para-hydroxylation sites is 2. The summed E-state index contributed by atoms with van der Waals surface area (Å²) in [5.74, 6) is 0. The molecule has 0 saturated carbocycles. The number of hydrogen-bond donors (Lipinski definition) is 1. The zero-order chi connectivity index (χ0) is 23.8. The highest BCUT2D eigenvalue weighted by Gasteiger charge is 2.33. The van der Waals surface area contributed by atoms with Gasteiger partial charge in [0.1, 0.15) is 0 Å². The molecule has 0 N–H and O–H groups in total. The van der Waals surface area contributed by atoms with Crippen LogP contribution in [0.15, 0.2) is 84.9 Å². The van der Waals surface area contributed by atoms with Crippen LogP contribution < -0.4 is 0 Å². The van der Waals surface area contributed by atoms with Gasteiger partial charge in [0, 0.05) is 33.7 Å². The van der Waals surface area contributed by atoms with E-state index < -0.39 is 0 Å². The maximum Gasteiger partial charge on any atom is 0.0760 e. The van der Waals surface area contributed by atoms with Gasteiger partial charge in [0.05, 0.1) is 16.6 Å². The largest absolute Gasteiger partial charge is 0.377 e. The summed E-state index contributed by atoms with van der Waals surface area (Å²) in [5.41, 5.74) is 4.93. The fraction of sp³-hybridized carbons (Fsp3) is 0.267. The molecule has 170 valence electrons. The molecule has 1 aromatic heterocycles. The van der Waals surface area contributed by atoms with E-state index in [-0.39, 0.29) is 10.3 Å². The van der Waals surface area contributed by atoms with E-state index in [0.29, 0.717) is 0 Å². The standard InChI is InChI=1S/C23H17N.C7H16OS/c1-16-15-21-19-12-7-8-14-22(19)24(17-9-3-2-4-10-17)23(21)20-13-6-5-11-18(16)20;1-6(2,8-5)7(3,4)9/h2-15H,1H3;9H,1-5H3. The Morgan fingerprint density at radius 2 is 1.24 bits per heavy atom. The van der Waals surface area contributed by atoms with E-state index in [1.54, 1.807) is 7.11 Å². The molecule has 3 heteroatoms. The van der Waals surface area contributed by atoms with Crippen molar-refractivity contribution in [2.75, 3.05) is 7.11 Å². The van der Waals surface area contributed by atoms with Crippen molar-refractivity contribution in [1.29, 1.82) is 0 Å². The summed E-state index contributed by atoms with van der Waals surface area (Å²) in [6.07, 6.45) is 0. The lowest BCUT2D eigenvalue weighted by atomic mass is 9.93. The number of aryl methyl sites for hydroxylation is 1. The minimum Gasteiger partial charge on any atom is -0.377 e. The van der Waals surface area contributed by atoms with Gasteiger partial charge in [-0.15, -0.1) is 0 Å². The van der Waals surface area contributed by atoms with Crippen LogP contribution in [0.2, 0.25) is 0 Å². The molecule has 0 aliphatic carbocycles. The zero-order valence-electron chi connectivity index (χ0n) is 20.4. The maximum atomic E-state index is 5.23. The third-order valence-electron chi connectivity index (χ3n) is 6.88. The summed E-state index contributed by atoms with van der Waals surface area (Å²) in [6, 6.07) is 30.4. The van der Waals surface area contributed by atoms with Crippen molar-refractivity contribution >= 4 is 45.2 Å². The Labute approximate surface area is 202 Å². The van der Waals surface area contributed by atoms with Gasteiger partial charge in [-0.1, -0.05) is 60.7 Å². The molecule has 0 aliphatic heterocycles. The van der Waals surface area contributed by atoms with E-state index in [2.05, 4.69) is 109 Å². The quantitative estimate of drug-likeness (QED) is 0.270. The molecule has 0 radical (unpaired) electrons. The number of benzene rings is 4. The Hall–Kier alpha value is -2.75. The minimum absolute atomic E-state index is 0.0816. The molecule has 1 heterocycles. The van der Waals surface area contributed by atoms with Crippen LogP contribution in [0, 0.1) is 6.92 Å². The van der Waals surface area contributed by atoms with Gasteiger partial charge in [-0.25, -0.2) is 0 Å². The smallest absolute Gasteiger partial charge is 0.0760 e. The van der Waals surface area contributed by atoms with Crippen LogP contribution >= 0.6 is 12.6 Å². The minimum atomic E-state index is -0.157. The normalized spacial score (nSPS) is 12.2. The van der Waals surface area contributed by atoms with Gasteiger partial charge in [0.2, 0.25) is 0 Å². The van der Waals surface area contributed by atoms with Crippen molar-refractivity contribution in [1.82, 2.24) is 4.57 Å². The van der Waals surface area contributed by atoms with Gasteiger partial charge in [0.25, 0.3) is 0 Å². The third kappa shape index (κ3) is 4.28. The molecule has 4 aromatic carbocycles. The van der Waals surface area contributed by atoms with Gasteiger partial charge in [-0.3, -0.25) is 0 Å². The van der Waals surface area contributed by atoms with Crippen LogP contribution in [-0.4, -0.2) is 22.0 Å². The monoisotopic (exact) mass is 455 g/mol. The van der Waals surface area contributed by atoms with Crippen molar-refractivity contribution < 1.29 is 4.74 Å². The van der Waals surface area contributed by atoms with Gasteiger partial charge < -0.3 is 9.30 Å². The summed E-state index contributed by atoms with van der Waals surface area (Å²) < 4.78 is 7.54. The fourth-order valence-corrected chi connectivity index (χ4v) is 4.19. The Morgan fingerprint density at radius 3 is 1.82 bits per heavy atom. The number of aromatic nitrogens is 1. The first-order chi connectivity index (χ1) is 15.7. The van der Waals surface area contributed by atoms with Gasteiger partial charge in [0.15, 0.2) is 0 Å². The number of rotatable bonds is 3. The second-order valence-electron chi connectivity index (χ2n) is 9.60. The molecule has 5 aromatic rings. The second kappa shape index (κ2) is 8.89. The number of fused-ring (bicyclic) bond motifs is 5. The summed E-state index contributed by atoms with van der Waals surface area (Å²) in [7, 11) is 1.71. The Morgan fingerprint density at radius 1 is 0.697 bits per heavy atom. The van der Waals surface area contributed by atoms with Gasteiger partial charge in [-0.2, -0.15) is 12.6 Å². The molecule has 0 unspecified atom stereocenters.